The molecule has 1 saturated heterocycles. The van der Waals surface area contributed by atoms with Crippen LogP contribution in [0.5, 0.6) is 0 Å². The zero-order chi connectivity index (χ0) is 24.5. The number of epoxide rings is 1. The van der Waals surface area contributed by atoms with Gasteiger partial charge in [0, 0.05) is 37.8 Å². The van der Waals surface area contributed by atoms with Crippen LogP contribution in [0.4, 0.5) is 0 Å². The van der Waals surface area contributed by atoms with Gasteiger partial charge in [0.25, 0.3) is 0 Å². The largest absolute Gasteiger partial charge is 0.461 e. The fourth-order valence-electron chi connectivity index (χ4n) is 4.24. The number of hydrogen-bond acceptors (Lipinski definition) is 9. The van der Waals surface area contributed by atoms with Gasteiger partial charge in [-0.25, -0.2) is 9.59 Å². The number of carbonyl (C=O) groups is 4. The smallest absolute Gasteiger partial charge is 0.338 e. The summed E-state index contributed by atoms with van der Waals surface area (Å²) in [4.78, 5) is 48.5. The van der Waals surface area contributed by atoms with E-state index in [9.17, 15) is 19.2 Å². The second kappa shape index (κ2) is 9.51. The average molecular weight is 462 g/mol. The van der Waals surface area contributed by atoms with Crippen molar-refractivity contribution in [1.82, 2.24) is 0 Å². The quantitative estimate of drug-likeness (QED) is 0.200. The summed E-state index contributed by atoms with van der Waals surface area (Å²) < 4.78 is 28.0. The molecule has 2 heterocycles. The molecule has 180 valence electrons. The number of ether oxygens (including phenoxy) is 5. The Kier molecular flexibility index (Phi) is 7.11. The second-order valence-corrected chi connectivity index (χ2v) is 8.83. The van der Waals surface area contributed by atoms with Crippen LogP contribution < -0.4 is 0 Å². The van der Waals surface area contributed by atoms with Crippen molar-refractivity contribution in [3.05, 3.63) is 34.4 Å². The van der Waals surface area contributed by atoms with E-state index in [1.165, 1.54) is 13.8 Å². The lowest BCUT2D eigenvalue weighted by molar-refractivity contribution is -0.145. The van der Waals surface area contributed by atoms with Crippen LogP contribution >= 0.6 is 0 Å². The van der Waals surface area contributed by atoms with Crippen molar-refractivity contribution in [1.29, 1.82) is 0 Å². The standard InChI is InChI=1S/C24H30O9/c1-7-13(3)22(27)31-18-9-12(2)8-16(30-15(5)26)10-24(6)21(33-24)20-19(18)17(23(28)32-20)11-29-14(4)25/h7-8,16,18,20-21H,9-11H2,1-6H3/b12-8+,13-7+/t16-,18-,20-,21-,24+/m0/s1. The molecule has 33 heavy (non-hydrogen) atoms. The Balaban J connectivity index is 2.07. The summed E-state index contributed by atoms with van der Waals surface area (Å²) in [5.74, 6) is -2.16. The molecule has 0 aromatic heterocycles. The molecule has 1 fully saturated rings. The maximum Gasteiger partial charge on any atom is 0.338 e. The van der Waals surface area contributed by atoms with Gasteiger partial charge < -0.3 is 23.7 Å². The van der Waals surface area contributed by atoms with Crippen LogP contribution in [0.2, 0.25) is 0 Å². The third kappa shape index (κ3) is 5.52. The van der Waals surface area contributed by atoms with Crippen molar-refractivity contribution < 1.29 is 42.9 Å². The first kappa shape index (κ1) is 24.7. The minimum Gasteiger partial charge on any atom is -0.461 e. The van der Waals surface area contributed by atoms with Crippen LogP contribution in [-0.4, -0.2) is 60.5 Å². The van der Waals surface area contributed by atoms with Crippen LogP contribution in [-0.2, 0) is 42.9 Å². The number of fused-ring (bicyclic) bond motifs is 3. The van der Waals surface area contributed by atoms with Crippen LogP contribution in [0.25, 0.3) is 0 Å². The highest BCUT2D eigenvalue weighted by Gasteiger charge is 2.62. The van der Waals surface area contributed by atoms with E-state index < -0.39 is 53.9 Å². The van der Waals surface area contributed by atoms with E-state index >= 15 is 0 Å². The van der Waals surface area contributed by atoms with Crippen molar-refractivity contribution in [3.8, 4) is 0 Å². The molecule has 0 saturated carbocycles. The molecule has 0 aromatic carbocycles. The molecule has 0 N–H and O–H groups in total. The van der Waals surface area contributed by atoms with E-state index in [1.54, 1.807) is 26.0 Å². The molecule has 1 aliphatic carbocycles. The Bertz CT molecular complexity index is 957. The van der Waals surface area contributed by atoms with Crippen molar-refractivity contribution in [2.45, 2.75) is 84.4 Å². The predicted molar refractivity (Wildman–Crippen MR) is 115 cm³/mol. The Morgan fingerprint density at radius 1 is 1.18 bits per heavy atom. The van der Waals surface area contributed by atoms with Crippen molar-refractivity contribution >= 4 is 23.9 Å². The summed E-state index contributed by atoms with van der Waals surface area (Å²) in [6.45, 7) is 9.31. The molecule has 2 aliphatic heterocycles. The molecule has 0 radical (unpaired) electrons. The first-order valence-corrected chi connectivity index (χ1v) is 10.9. The van der Waals surface area contributed by atoms with Gasteiger partial charge in [-0.1, -0.05) is 11.6 Å². The lowest BCUT2D eigenvalue weighted by atomic mass is 9.86. The number of esters is 4. The minimum absolute atomic E-state index is 0.147. The summed E-state index contributed by atoms with van der Waals surface area (Å²) >= 11 is 0. The molecule has 0 amide bonds. The molecule has 3 rings (SSSR count). The molecule has 9 nitrogen and oxygen atoms in total. The number of allylic oxidation sites excluding steroid dienone is 1. The van der Waals surface area contributed by atoms with Crippen LogP contribution in [0.1, 0.15) is 54.4 Å². The van der Waals surface area contributed by atoms with Crippen molar-refractivity contribution in [2.24, 2.45) is 0 Å². The van der Waals surface area contributed by atoms with Gasteiger partial charge in [-0.3, -0.25) is 9.59 Å². The van der Waals surface area contributed by atoms with Crippen molar-refractivity contribution in [3.63, 3.8) is 0 Å². The van der Waals surface area contributed by atoms with Crippen LogP contribution in [0.3, 0.4) is 0 Å². The average Bonchev–Trinajstić information content (AvgIpc) is 3.25. The van der Waals surface area contributed by atoms with Gasteiger partial charge in [0.1, 0.15) is 30.5 Å². The van der Waals surface area contributed by atoms with Crippen LogP contribution in [0, 0.1) is 0 Å². The van der Waals surface area contributed by atoms with Gasteiger partial charge in [-0.15, -0.1) is 0 Å². The highest BCUT2D eigenvalue weighted by atomic mass is 16.7. The molecular formula is C24H30O9. The van der Waals surface area contributed by atoms with E-state index in [2.05, 4.69) is 0 Å². The molecule has 0 bridgehead atoms. The molecule has 0 spiro atoms. The van der Waals surface area contributed by atoms with E-state index in [0.717, 1.165) is 5.57 Å². The predicted octanol–water partition coefficient (Wildman–Crippen LogP) is 2.48. The second-order valence-electron chi connectivity index (χ2n) is 8.83. The van der Waals surface area contributed by atoms with Gasteiger partial charge in [-0.2, -0.15) is 0 Å². The summed E-state index contributed by atoms with van der Waals surface area (Å²) in [6.07, 6.45) is 1.28. The number of rotatable bonds is 5. The summed E-state index contributed by atoms with van der Waals surface area (Å²) in [7, 11) is 0. The Morgan fingerprint density at radius 2 is 1.88 bits per heavy atom. The maximum atomic E-state index is 12.8. The Labute approximate surface area is 192 Å². The third-order valence-electron chi connectivity index (χ3n) is 6.02. The molecule has 3 aliphatic rings. The Hall–Kier alpha value is -2.94. The first-order valence-electron chi connectivity index (χ1n) is 10.9. The topological polar surface area (TPSA) is 118 Å². The monoisotopic (exact) mass is 462 g/mol. The highest BCUT2D eigenvalue weighted by molar-refractivity contribution is 5.94. The molecular weight excluding hydrogens is 432 g/mol. The maximum absolute atomic E-state index is 12.8. The van der Waals surface area contributed by atoms with E-state index in [1.807, 2.05) is 13.8 Å². The van der Waals surface area contributed by atoms with E-state index in [4.69, 9.17) is 23.7 Å². The van der Waals surface area contributed by atoms with Gasteiger partial charge >= 0.3 is 23.9 Å². The lowest BCUT2D eigenvalue weighted by Crippen LogP contribution is -2.35. The fourth-order valence-corrected chi connectivity index (χ4v) is 4.24. The van der Waals surface area contributed by atoms with E-state index in [-0.39, 0.29) is 18.6 Å². The molecule has 9 heteroatoms. The van der Waals surface area contributed by atoms with Gasteiger partial charge in [0.15, 0.2) is 6.10 Å². The number of carbonyl (C=O) groups excluding carboxylic acids is 4. The molecule has 5 atom stereocenters. The SMILES string of the molecule is C/C=C(\C)C(=O)O[C@H]1C/C(C)=C/[C@H](OC(C)=O)C[C@@]2(C)O[C@H]2[C@H]2OC(=O)C(COC(C)=O)=C12. The fraction of sp³-hybridized carbons (Fsp3) is 0.583. The summed E-state index contributed by atoms with van der Waals surface area (Å²) in [6, 6.07) is 0. The summed E-state index contributed by atoms with van der Waals surface area (Å²) in [5, 5.41) is 0. The zero-order valence-corrected chi connectivity index (χ0v) is 19.8. The zero-order valence-electron chi connectivity index (χ0n) is 19.8. The normalized spacial score (nSPS) is 33.1. The van der Waals surface area contributed by atoms with Gasteiger partial charge in [0.2, 0.25) is 0 Å². The van der Waals surface area contributed by atoms with Crippen LogP contribution in [0.15, 0.2) is 34.4 Å². The van der Waals surface area contributed by atoms with Gasteiger partial charge in [-0.05, 0) is 33.8 Å². The van der Waals surface area contributed by atoms with Gasteiger partial charge in [0.05, 0.1) is 5.57 Å². The number of hydrogen-bond donors (Lipinski definition) is 0. The van der Waals surface area contributed by atoms with Crippen molar-refractivity contribution in [2.75, 3.05) is 6.61 Å². The minimum atomic E-state index is -0.866. The first-order chi connectivity index (χ1) is 15.4. The molecule has 0 unspecified atom stereocenters. The highest BCUT2D eigenvalue weighted by Crippen LogP contribution is 2.49. The van der Waals surface area contributed by atoms with E-state index in [0.29, 0.717) is 17.6 Å². The Morgan fingerprint density at radius 3 is 2.48 bits per heavy atom. The molecule has 0 aromatic rings. The lowest BCUT2D eigenvalue weighted by Gasteiger charge is -2.26. The summed E-state index contributed by atoms with van der Waals surface area (Å²) in [5.41, 5.74) is 1.05. The third-order valence-corrected chi connectivity index (χ3v) is 6.02.